The number of nitrogens with one attached hydrogen (secondary N) is 2. The fourth-order valence-electron chi connectivity index (χ4n) is 3.50. The summed E-state index contributed by atoms with van der Waals surface area (Å²) in [5.74, 6) is -1.24. The molecule has 0 spiro atoms. The van der Waals surface area contributed by atoms with Gasteiger partial charge in [0.25, 0.3) is 0 Å². The van der Waals surface area contributed by atoms with Crippen LogP contribution in [0.15, 0.2) is 30.5 Å². The van der Waals surface area contributed by atoms with E-state index < -0.39 is 11.9 Å². The van der Waals surface area contributed by atoms with Crippen LogP contribution in [0.3, 0.4) is 0 Å². The molecule has 6 heteroatoms. The van der Waals surface area contributed by atoms with Crippen molar-refractivity contribution in [2.45, 2.75) is 47.0 Å². The van der Waals surface area contributed by atoms with E-state index in [1.807, 2.05) is 38.2 Å². The second kappa shape index (κ2) is 8.47. The lowest BCUT2D eigenvalue weighted by Gasteiger charge is -2.13. The Balaban J connectivity index is 1.85. The van der Waals surface area contributed by atoms with Crippen LogP contribution in [-0.2, 0) is 20.7 Å². The number of hydrogen-bond donors (Lipinski definition) is 2. The van der Waals surface area contributed by atoms with E-state index in [9.17, 15) is 9.59 Å². The fourth-order valence-corrected chi connectivity index (χ4v) is 3.50. The Labute approximate surface area is 170 Å². The molecule has 0 aliphatic carbocycles. The summed E-state index contributed by atoms with van der Waals surface area (Å²) in [5.41, 5.74) is 8.08. The number of nitrogens with zero attached hydrogens (tertiary/aromatic N) is 1. The second-order valence-corrected chi connectivity index (χ2v) is 7.54. The van der Waals surface area contributed by atoms with Crippen molar-refractivity contribution in [2.24, 2.45) is 0 Å². The van der Waals surface area contributed by atoms with Crippen LogP contribution >= 0.6 is 0 Å². The SMILES string of the molecule is CCOC(=O)C(=O)Nc1cc(C)c(Cc2ccc3[nH]cc(C(C)C)c3n2)c(C)c1. The Morgan fingerprint density at radius 2 is 1.86 bits per heavy atom. The van der Waals surface area contributed by atoms with Crippen LogP contribution in [0.2, 0.25) is 0 Å². The fraction of sp³-hybridized carbons (Fsp3) is 0.348. The molecule has 29 heavy (non-hydrogen) atoms. The van der Waals surface area contributed by atoms with Crippen LogP contribution < -0.4 is 5.32 Å². The smallest absolute Gasteiger partial charge is 0.397 e. The van der Waals surface area contributed by atoms with Crippen LogP contribution in [0.1, 0.15) is 54.6 Å². The van der Waals surface area contributed by atoms with Crippen molar-refractivity contribution in [1.29, 1.82) is 0 Å². The number of fused-ring (bicyclic) bond motifs is 1. The molecule has 3 aromatic rings. The van der Waals surface area contributed by atoms with Crippen molar-refractivity contribution >= 4 is 28.6 Å². The van der Waals surface area contributed by atoms with Crippen molar-refractivity contribution in [3.05, 3.63) is 58.4 Å². The first-order chi connectivity index (χ1) is 13.8. The van der Waals surface area contributed by atoms with Gasteiger partial charge in [-0.05, 0) is 73.2 Å². The van der Waals surface area contributed by atoms with Gasteiger partial charge in [0.2, 0.25) is 0 Å². The molecule has 0 saturated heterocycles. The van der Waals surface area contributed by atoms with E-state index in [0.717, 1.165) is 33.4 Å². The minimum Gasteiger partial charge on any atom is -0.459 e. The molecule has 0 saturated carbocycles. The number of pyridine rings is 1. The Hall–Kier alpha value is -3.15. The number of rotatable bonds is 5. The molecule has 1 amide bonds. The van der Waals surface area contributed by atoms with Gasteiger partial charge in [-0.2, -0.15) is 0 Å². The number of benzene rings is 1. The molecule has 0 radical (unpaired) electrons. The number of ether oxygens (including phenoxy) is 1. The van der Waals surface area contributed by atoms with Gasteiger partial charge < -0.3 is 15.0 Å². The summed E-state index contributed by atoms with van der Waals surface area (Å²) in [6.45, 7) is 10.1. The third-order valence-corrected chi connectivity index (χ3v) is 5.00. The first-order valence-corrected chi connectivity index (χ1v) is 9.85. The van der Waals surface area contributed by atoms with E-state index in [2.05, 4.69) is 30.2 Å². The maximum absolute atomic E-state index is 11.9. The van der Waals surface area contributed by atoms with Crippen LogP contribution in [0.25, 0.3) is 11.0 Å². The minimum atomic E-state index is -0.878. The molecule has 152 valence electrons. The van der Waals surface area contributed by atoms with E-state index in [1.165, 1.54) is 5.56 Å². The zero-order chi connectivity index (χ0) is 21.1. The maximum atomic E-state index is 11.9. The molecule has 6 nitrogen and oxygen atoms in total. The first kappa shape index (κ1) is 20.6. The molecule has 2 heterocycles. The summed E-state index contributed by atoms with van der Waals surface area (Å²) in [6, 6.07) is 7.85. The van der Waals surface area contributed by atoms with Crippen LogP contribution in [0.4, 0.5) is 5.69 Å². The van der Waals surface area contributed by atoms with Crippen LogP contribution in [0.5, 0.6) is 0 Å². The van der Waals surface area contributed by atoms with Crippen molar-refractivity contribution in [3.63, 3.8) is 0 Å². The van der Waals surface area contributed by atoms with Crippen molar-refractivity contribution < 1.29 is 14.3 Å². The molecule has 0 aliphatic heterocycles. The largest absolute Gasteiger partial charge is 0.459 e. The normalized spacial score (nSPS) is 11.1. The summed E-state index contributed by atoms with van der Waals surface area (Å²) in [4.78, 5) is 31.6. The van der Waals surface area contributed by atoms with Crippen molar-refractivity contribution in [1.82, 2.24) is 9.97 Å². The highest BCUT2D eigenvalue weighted by Gasteiger charge is 2.16. The highest BCUT2D eigenvalue weighted by atomic mass is 16.5. The summed E-state index contributed by atoms with van der Waals surface area (Å²) in [7, 11) is 0. The lowest BCUT2D eigenvalue weighted by Crippen LogP contribution is -2.25. The number of amides is 1. The summed E-state index contributed by atoms with van der Waals surface area (Å²) in [5, 5.41) is 2.61. The zero-order valence-electron chi connectivity index (χ0n) is 17.6. The van der Waals surface area contributed by atoms with E-state index in [4.69, 9.17) is 9.72 Å². The summed E-state index contributed by atoms with van der Waals surface area (Å²) >= 11 is 0. The molecular weight excluding hydrogens is 366 g/mol. The molecule has 3 rings (SSSR count). The predicted octanol–water partition coefficient (Wildman–Crippen LogP) is 4.40. The van der Waals surface area contributed by atoms with Gasteiger partial charge >= 0.3 is 11.9 Å². The molecule has 0 bridgehead atoms. The number of hydrogen-bond acceptors (Lipinski definition) is 4. The van der Waals surface area contributed by atoms with Gasteiger partial charge in [-0.15, -0.1) is 0 Å². The van der Waals surface area contributed by atoms with E-state index in [0.29, 0.717) is 18.0 Å². The average molecular weight is 393 g/mol. The highest BCUT2D eigenvalue weighted by Crippen LogP contribution is 2.26. The van der Waals surface area contributed by atoms with Gasteiger partial charge in [-0.1, -0.05) is 13.8 Å². The molecule has 2 aromatic heterocycles. The van der Waals surface area contributed by atoms with E-state index in [-0.39, 0.29) is 6.61 Å². The molecule has 0 unspecified atom stereocenters. The van der Waals surface area contributed by atoms with Gasteiger partial charge in [0.1, 0.15) is 0 Å². The number of aromatic amines is 1. The number of carbonyl (C=O) groups is 2. The predicted molar refractivity (Wildman–Crippen MR) is 114 cm³/mol. The van der Waals surface area contributed by atoms with Crippen LogP contribution in [-0.4, -0.2) is 28.5 Å². The zero-order valence-corrected chi connectivity index (χ0v) is 17.6. The lowest BCUT2D eigenvalue weighted by molar-refractivity contribution is -0.152. The van der Waals surface area contributed by atoms with Crippen molar-refractivity contribution in [3.8, 4) is 0 Å². The van der Waals surface area contributed by atoms with E-state index >= 15 is 0 Å². The number of esters is 1. The molecular formula is C23H27N3O3. The maximum Gasteiger partial charge on any atom is 0.397 e. The third kappa shape index (κ3) is 4.47. The first-order valence-electron chi connectivity index (χ1n) is 9.85. The van der Waals surface area contributed by atoms with Gasteiger partial charge in [0.05, 0.1) is 17.6 Å². The molecule has 2 N–H and O–H groups in total. The van der Waals surface area contributed by atoms with Gasteiger partial charge in [-0.25, -0.2) is 4.79 Å². The van der Waals surface area contributed by atoms with Crippen LogP contribution in [0, 0.1) is 13.8 Å². The Morgan fingerprint density at radius 1 is 1.17 bits per heavy atom. The molecule has 0 fully saturated rings. The standard InChI is InChI=1S/C23H27N3O3/c1-6-29-23(28)22(27)26-17-9-14(4)18(15(5)10-17)11-16-7-8-20-21(25-16)19(12-24-20)13(2)3/h7-10,12-13,24H,6,11H2,1-5H3,(H,26,27). The minimum absolute atomic E-state index is 0.167. The molecule has 0 atom stereocenters. The summed E-state index contributed by atoms with van der Waals surface area (Å²) < 4.78 is 4.73. The molecule has 0 aliphatic rings. The van der Waals surface area contributed by atoms with Gasteiger partial charge in [0, 0.05) is 24.0 Å². The molecule has 1 aromatic carbocycles. The van der Waals surface area contributed by atoms with Crippen molar-refractivity contribution in [2.75, 3.05) is 11.9 Å². The number of aryl methyl sites for hydroxylation is 2. The topological polar surface area (TPSA) is 84.1 Å². The monoisotopic (exact) mass is 393 g/mol. The third-order valence-electron chi connectivity index (χ3n) is 5.00. The number of aromatic nitrogens is 2. The Kier molecular flexibility index (Phi) is 6.01. The lowest BCUT2D eigenvalue weighted by atomic mass is 9.97. The Morgan fingerprint density at radius 3 is 2.48 bits per heavy atom. The number of H-pyrrole nitrogens is 1. The number of anilines is 1. The van der Waals surface area contributed by atoms with Gasteiger partial charge in [0.15, 0.2) is 0 Å². The van der Waals surface area contributed by atoms with E-state index in [1.54, 1.807) is 6.92 Å². The quantitative estimate of drug-likeness (QED) is 0.497. The second-order valence-electron chi connectivity index (χ2n) is 7.54. The summed E-state index contributed by atoms with van der Waals surface area (Å²) in [6.07, 6.45) is 2.73. The average Bonchev–Trinajstić information content (AvgIpc) is 3.08. The Bertz CT molecular complexity index is 1040. The number of carbonyl (C=O) groups excluding carboxylic acids is 2. The highest BCUT2D eigenvalue weighted by molar-refractivity contribution is 6.37. The van der Waals surface area contributed by atoms with Gasteiger partial charge in [-0.3, -0.25) is 9.78 Å².